The first kappa shape index (κ1) is 11.5. The molecule has 2 nitrogen and oxygen atoms in total. The number of rotatable bonds is 6. The molecule has 72 valence electrons. The molecule has 0 aliphatic carbocycles. The molecular weight excluding hydrogens is 150 g/mol. The van der Waals surface area contributed by atoms with Crippen LogP contribution in [0.2, 0.25) is 0 Å². The zero-order chi connectivity index (χ0) is 9.45. The van der Waals surface area contributed by atoms with Crippen LogP contribution in [0, 0.1) is 0 Å². The molecule has 0 aromatic heterocycles. The number of nitrogens with one attached hydrogen (secondary N) is 1. The summed E-state index contributed by atoms with van der Waals surface area (Å²) in [5.41, 5.74) is 0.235. The number of ether oxygens (including phenoxy) is 1. The van der Waals surface area contributed by atoms with E-state index in [0.717, 1.165) is 26.0 Å². The van der Waals surface area contributed by atoms with Crippen molar-refractivity contribution in [3.8, 4) is 0 Å². The Morgan fingerprint density at radius 2 is 2.00 bits per heavy atom. The lowest BCUT2D eigenvalue weighted by molar-refractivity contribution is 0.241. The average molecular weight is 171 g/mol. The van der Waals surface area contributed by atoms with Gasteiger partial charge in [-0.05, 0) is 40.2 Å². The van der Waals surface area contributed by atoms with Crippen LogP contribution in [0.25, 0.3) is 0 Å². The van der Waals surface area contributed by atoms with Gasteiger partial charge in [0.15, 0.2) is 0 Å². The molecule has 0 bridgehead atoms. The number of hydrogen-bond donors (Lipinski definition) is 1. The summed E-state index contributed by atoms with van der Waals surface area (Å²) in [7, 11) is 0. The molecule has 0 spiro atoms. The van der Waals surface area contributed by atoms with Gasteiger partial charge in [-0.2, -0.15) is 0 Å². The van der Waals surface area contributed by atoms with Gasteiger partial charge in [-0.1, -0.05) is 6.58 Å². The highest BCUT2D eigenvalue weighted by atomic mass is 16.5. The van der Waals surface area contributed by atoms with E-state index >= 15 is 0 Å². The first-order chi connectivity index (χ1) is 5.56. The highest BCUT2D eigenvalue weighted by Crippen LogP contribution is 1.99. The summed E-state index contributed by atoms with van der Waals surface area (Å²) >= 11 is 0. The predicted molar refractivity (Wildman–Crippen MR) is 53.1 cm³/mol. The molecule has 0 heterocycles. The minimum absolute atomic E-state index is 0.235. The van der Waals surface area contributed by atoms with Crippen LogP contribution in [0.5, 0.6) is 0 Å². The molecule has 1 N–H and O–H groups in total. The first-order valence-electron chi connectivity index (χ1n) is 4.54. The Labute approximate surface area is 76.0 Å². The van der Waals surface area contributed by atoms with Crippen molar-refractivity contribution in [1.82, 2.24) is 5.32 Å². The molecule has 0 saturated heterocycles. The predicted octanol–water partition coefficient (Wildman–Crippen LogP) is 2.31. The Bertz CT molecular complexity index is 115. The van der Waals surface area contributed by atoms with Gasteiger partial charge in [-0.25, -0.2) is 0 Å². The molecule has 0 saturated carbocycles. The topological polar surface area (TPSA) is 21.3 Å². The molecule has 12 heavy (non-hydrogen) atoms. The minimum atomic E-state index is 0.235. The highest BCUT2D eigenvalue weighted by Gasteiger charge is 2.06. The lowest BCUT2D eigenvalue weighted by atomic mass is 10.1. The number of unbranched alkanes of at least 4 members (excludes halogenated alkanes) is 1. The van der Waals surface area contributed by atoms with Crippen LogP contribution in [0.4, 0.5) is 0 Å². The number of hydrogen-bond acceptors (Lipinski definition) is 2. The fourth-order valence-electron chi connectivity index (χ4n) is 0.857. The third-order valence-electron chi connectivity index (χ3n) is 1.46. The van der Waals surface area contributed by atoms with E-state index in [1.807, 2.05) is 0 Å². The second kappa shape index (κ2) is 6.06. The van der Waals surface area contributed by atoms with Crippen molar-refractivity contribution in [2.75, 3.05) is 13.2 Å². The van der Waals surface area contributed by atoms with E-state index < -0.39 is 0 Å². The Hall–Kier alpha value is -0.500. The summed E-state index contributed by atoms with van der Waals surface area (Å²) in [6.07, 6.45) is 3.75. The maximum atomic E-state index is 5.00. The van der Waals surface area contributed by atoms with Gasteiger partial charge in [0.25, 0.3) is 0 Å². The fraction of sp³-hybridized carbons (Fsp3) is 0.800. The van der Waals surface area contributed by atoms with Crippen molar-refractivity contribution in [1.29, 1.82) is 0 Å². The van der Waals surface area contributed by atoms with Gasteiger partial charge < -0.3 is 10.1 Å². The smallest absolute Gasteiger partial charge is 0.0873 e. The van der Waals surface area contributed by atoms with Crippen molar-refractivity contribution >= 4 is 0 Å². The lowest BCUT2D eigenvalue weighted by Gasteiger charge is -2.20. The van der Waals surface area contributed by atoms with E-state index in [1.54, 1.807) is 0 Å². The van der Waals surface area contributed by atoms with Crippen molar-refractivity contribution in [2.45, 2.75) is 39.2 Å². The molecular formula is C10H21NO. The molecule has 0 radical (unpaired) electrons. The fourth-order valence-corrected chi connectivity index (χ4v) is 0.857. The van der Waals surface area contributed by atoms with E-state index in [9.17, 15) is 0 Å². The molecule has 0 atom stereocenters. The molecule has 0 unspecified atom stereocenters. The van der Waals surface area contributed by atoms with Crippen LogP contribution in [-0.2, 0) is 4.74 Å². The van der Waals surface area contributed by atoms with Crippen molar-refractivity contribution in [2.24, 2.45) is 0 Å². The van der Waals surface area contributed by atoms with Gasteiger partial charge >= 0.3 is 0 Å². The summed E-state index contributed by atoms with van der Waals surface area (Å²) in [5, 5.41) is 3.42. The van der Waals surface area contributed by atoms with Crippen LogP contribution >= 0.6 is 0 Å². The molecule has 0 aromatic rings. The van der Waals surface area contributed by atoms with Gasteiger partial charge in [0.05, 0.1) is 12.9 Å². The van der Waals surface area contributed by atoms with Crippen LogP contribution in [-0.4, -0.2) is 18.7 Å². The van der Waals surface area contributed by atoms with E-state index in [2.05, 4.69) is 32.7 Å². The Kier molecular flexibility index (Phi) is 5.81. The molecule has 0 rings (SSSR count). The summed E-state index contributed by atoms with van der Waals surface area (Å²) in [6, 6.07) is 0. The average Bonchev–Trinajstić information content (AvgIpc) is 1.94. The maximum absolute atomic E-state index is 5.00. The molecule has 0 amide bonds. The van der Waals surface area contributed by atoms with Gasteiger partial charge in [-0.15, -0.1) is 0 Å². The largest absolute Gasteiger partial charge is 0.502 e. The molecule has 0 fully saturated rings. The second-order valence-electron chi connectivity index (χ2n) is 3.92. The maximum Gasteiger partial charge on any atom is 0.0873 e. The molecule has 0 aromatic carbocycles. The van der Waals surface area contributed by atoms with E-state index in [0.29, 0.717) is 0 Å². The third-order valence-corrected chi connectivity index (χ3v) is 1.46. The van der Waals surface area contributed by atoms with Crippen LogP contribution in [0.1, 0.15) is 33.6 Å². The SMILES string of the molecule is C=COCCCCNC(C)(C)C. The van der Waals surface area contributed by atoms with E-state index in [4.69, 9.17) is 4.74 Å². The summed E-state index contributed by atoms with van der Waals surface area (Å²) in [5.74, 6) is 0. The van der Waals surface area contributed by atoms with Gasteiger partial charge in [0, 0.05) is 5.54 Å². The van der Waals surface area contributed by atoms with Crippen LogP contribution < -0.4 is 5.32 Å². The third kappa shape index (κ3) is 9.50. The minimum Gasteiger partial charge on any atom is -0.502 e. The van der Waals surface area contributed by atoms with Crippen molar-refractivity contribution < 1.29 is 4.74 Å². The summed E-state index contributed by atoms with van der Waals surface area (Å²) < 4.78 is 5.00. The van der Waals surface area contributed by atoms with Crippen LogP contribution in [0.15, 0.2) is 12.8 Å². The molecule has 2 heteroatoms. The Morgan fingerprint density at radius 1 is 1.33 bits per heavy atom. The van der Waals surface area contributed by atoms with E-state index in [1.165, 1.54) is 6.26 Å². The molecule has 0 aliphatic rings. The standard InChI is InChI=1S/C10H21NO/c1-5-12-9-7-6-8-11-10(2,3)4/h5,11H,1,6-9H2,2-4H3. The van der Waals surface area contributed by atoms with Crippen molar-refractivity contribution in [3.05, 3.63) is 12.8 Å². The van der Waals surface area contributed by atoms with Gasteiger partial charge in [0.2, 0.25) is 0 Å². The van der Waals surface area contributed by atoms with Gasteiger partial charge in [0.1, 0.15) is 0 Å². The second-order valence-corrected chi connectivity index (χ2v) is 3.92. The zero-order valence-corrected chi connectivity index (χ0v) is 8.52. The highest BCUT2D eigenvalue weighted by molar-refractivity contribution is 4.69. The summed E-state index contributed by atoms with van der Waals surface area (Å²) in [6.45, 7) is 11.8. The van der Waals surface area contributed by atoms with E-state index in [-0.39, 0.29) is 5.54 Å². The monoisotopic (exact) mass is 171 g/mol. The molecule has 0 aliphatic heterocycles. The lowest BCUT2D eigenvalue weighted by Crippen LogP contribution is -2.36. The zero-order valence-electron chi connectivity index (χ0n) is 8.52. The Balaban J connectivity index is 3.06. The van der Waals surface area contributed by atoms with Crippen molar-refractivity contribution in [3.63, 3.8) is 0 Å². The van der Waals surface area contributed by atoms with Gasteiger partial charge in [-0.3, -0.25) is 0 Å². The quantitative estimate of drug-likeness (QED) is 0.489. The Morgan fingerprint density at radius 3 is 2.50 bits per heavy atom. The van der Waals surface area contributed by atoms with Crippen LogP contribution in [0.3, 0.4) is 0 Å². The summed E-state index contributed by atoms with van der Waals surface area (Å²) in [4.78, 5) is 0. The normalized spacial score (nSPS) is 11.2. The first-order valence-corrected chi connectivity index (χ1v) is 4.54.